The van der Waals surface area contributed by atoms with E-state index in [0.717, 1.165) is 0 Å². The van der Waals surface area contributed by atoms with Crippen LogP contribution in [0.5, 0.6) is 5.75 Å². The number of amides is 1. The molecule has 0 radical (unpaired) electrons. The number of nitrogens with one attached hydrogen (secondary N) is 1. The fourth-order valence-corrected chi connectivity index (χ4v) is 1.64. The van der Waals surface area contributed by atoms with Crippen molar-refractivity contribution in [1.29, 1.82) is 0 Å². The normalized spacial score (nSPS) is 10.0. The molecule has 5 heteroatoms. The molecule has 4 nitrogen and oxygen atoms in total. The molecular formula is C16H14FNO3. The minimum Gasteiger partial charge on any atom is -0.423 e. The maximum Gasteiger partial charge on any atom is 0.346 e. The van der Waals surface area contributed by atoms with Crippen molar-refractivity contribution in [2.24, 2.45) is 0 Å². The summed E-state index contributed by atoms with van der Waals surface area (Å²) in [5, 5.41) is 2.67. The summed E-state index contributed by atoms with van der Waals surface area (Å²) in [6.07, 6.45) is 0.379. The van der Waals surface area contributed by atoms with Crippen LogP contribution in [0.25, 0.3) is 0 Å². The summed E-state index contributed by atoms with van der Waals surface area (Å²) >= 11 is 0. The molecule has 0 aliphatic rings. The minimum atomic E-state index is -0.765. The average Bonchev–Trinajstić information content (AvgIpc) is 2.49. The van der Waals surface area contributed by atoms with E-state index in [-0.39, 0.29) is 17.2 Å². The molecule has 0 unspecified atom stereocenters. The number of rotatable bonds is 4. The quantitative estimate of drug-likeness (QED) is 0.692. The molecule has 1 amide bonds. The lowest BCUT2D eigenvalue weighted by Crippen LogP contribution is -2.11. The predicted octanol–water partition coefficient (Wildman–Crippen LogP) is 3.39. The largest absolute Gasteiger partial charge is 0.423 e. The second kappa shape index (κ2) is 6.65. The summed E-state index contributed by atoms with van der Waals surface area (Å²) < 4.78 is 18.5. The van der Waals surface area contributed by atoms with Gasteiger partial charge < -0.3 is 10.1 Å². The molecule has 2 aromatic rings. The van der Waals surface area contributed by atoms with Crippen LogP contribution in [0.1, 0.15) is 23.7 Å². The Bertz CT molecular complexity index is 653. The lowest BCUT2D eigenvalue weighted by Gasteiger charge is -2.07. The summed E-state index contributed by atoms with van der Waals surface area (Å²) in [5.74, 6) is -1.23. The number of hydrogen-bond acceptors (Lipinski definition) is 3. The van der Waals surface area contributed by atoms with E-state index in [9.17, 15) is 14.0 Å². The van der Waals surface area contributed by atoms with Crippen molar-refractivity contribution >= 4 is 17.6 Å². The van der Waals surface area contributed by atoms with Crippen molar-refractivity contribution in [2.45, 2.75) is 13.3 Å². The van der Waals surface area contributed by atoms with Gasteiger partial charge in [-0.25, -0.2) is 9.18 Å². The second-order valence-electron chi connectivity index (χ2n) is 4.30. The molecule has 0 heterocycles. The number of carbonyl (C=O) groups is 2. The van der Waals surface area contributed by atoms with Crippen molar-refractivity contribution in [3.05, 3.63) is 59.9 Å². The zero-order valence-corrected chi connectivity index (χ0v) is 11.4. The lowest BCUT2D eigenvalue weighted by molar-refractivity contribution is -0.115. The molecule has 2 rings (SSSR count). The van der Waals surface area contributed by atoms with Crippen LogP contribution < -0.4 is 10.1 Å². The first kappa shape index (κ1) is 14.7. The number of esters is 1. The van der Waals surface area contributed by atoms with Crippen LogP contribution in [0.2, 0.25) is 0 Å². The van der Waals surface area contributed by atoms with Gasteiger partial charge in [-0.3, -0.25) is 4.79 Å². The first-order chi connectivity index (χ1) is 10.1. The highest BCUT2D eigenvalue weighted by Gasteiger charge is 2.13. The molecule has 0 aromatic heterocycles. The maximum atomic E-state index is 13.4. The molecular weight excluding hydrogens is 273 g/mol. The lowest BCUT2D eigenvalue weighted by atomic mass is 10.2. The Morgan fingerprint density at radius 2 is 1.76 bits per heavy atom. The van der Waals surface area contributed by atoms with Crippen molar-refractivity contribution in [3.63, 3.8) is 0 Å². The third kappa shape index (κ3) is 3.89. The van der Waals surface area contributed by atoms with Crippen LogP contribution in [-0.2, 0) is 4.79 Å². The van der Waals surface area contributed by atoms with Gasteiger partial charge in [-0.1, -0.05) is 19.1 Å². The van der Waals surface area contributed by atoms with Gasteiger partial charge in [-0.05, 0) is 36.4 Å². The number of anilines is 1. The van der Waals surface area contributed by atoms with E-state index in [1.165, 1.54) is 30.3 Å². The van der Waals surface area contributed by atoms with Crippen LogP contribution >= 0.6 is 0 Å². The second-order valence-corrected chi connectivity index (χ2v) is 4.30. The van der Waals surface area contributed by atoms with Gasteiger partial charge in [0.05, 0.1) is 5.56 Å². The van der Waals surface area contributed by atoms with Crippen molar-refractivity contribution in [1.82, 2.24) is 0 Å². The van der Waals surface area contributed by atoms with Crippen LogP contribution in [0.4, 0.5) is 10.1 Å². The van der Waals surface area contributed by atoms with Gasteiger partial charge in [-0.2, -0.15) is 0 Å². The predicted molar refractivity (Wildman–Crippen MR) is 76.7 cm³/mol. The summed E-state index contributed by atoms with van der Waals surface area (Å²) in [4.78, 5) is 23.0. The van der Waals surface area contributed by atoms with Gasteiger partial charge in [0.15, 0.2) is 0 Å². The summed E-state index contributed by atoms with van der Waals surface area (Å²) in [6.45, 7) is 1.75. The first-order valence-corrected chi connectivity index (χ1v) is 6.46. The Morgan fingerprint density at radius 1 is 1.10 bits per heavy atom. The topological polar surface area (TPSA) is 55.4 Å². The highest BCUT2D eigenvalue weighted by molar-refractivity contribution is 5.92. The third-order valence-corrected chi connectivity index (χ3v) is 2.76. The van der Waals surface area contributed by atoms with E-state index in [4.69, 9.17) is 4.74 Å². The SMILES string of the molecule is CCC(=O)Nc1ccc(OC(=O)c2ccccc2F)cc1. The van der Waals surface area contributed by atoms with Crippen molar-refractivity contribution in [2.75, 3.05) is 5.32 Å². The fourth-order valence-electron chi connectivity index (χ4n) is 1.64. The number of ether oxygens (including phenoxy) is 1. The minimum absolute atomic E-state index is 0.105. The molecule has 0 aliphatic carbocycles. The number of carbonyl (C=O) groups excluding carboxylic acids is 2. The van der Waals surface area contributed by atoms with E-state index in [1.807, 2.05) is 0 Å². The van der Waals surface area contributed by atoms with Crippen LogP contribution in [0.3, 0.4) is 0 Å². The van der Waals surface area contributed by atoms with Gasteiger partial charge in [-0.15, -0.1) is 0 Å². The Hall–Kier alpha value is -2.69. The number of benzene rings is 2. The Kier molecular flexibility index (Phi) is 4.66. The molecule has 108 valence electrons. The van der Waals surface area contributed by atoms with Crippen LogP contribution in [-0.4, -0.2) is 11.9 Å². The van der Waals surface area contributed by atoms with Gasteiger partial charge >= 0.3 is 5.97 Å². The first-order valence-electron chi connectivity index (χ1n) is 6.46. The zero-order valence-electron chi connectivity index (χ0n) is 11.4. The van der Waals surface area contributed by atoms with E-state index >= 15 is 0 Å². The summed E-state index contributed by atoms with van der Waals surface area (Å²) in [6, 6.07) is 11.9. The third-order valence-electron chi connectivity index (χ3n) is 2.76. The Morgan fingerprint density at radius 3 is 2.38 bits per heavy atom. The number of halogens is 1. The van der Waals surface area contributed by atoms with Crippen LogP contribution in [0, 0.1) is 5.82 Å². The summed E-state index contributed by atoms with van der Waals surface area (Å²) in [5.41, 5.74) is 0.480. The van der Waals surface area contributed by atoms with Gasteiger partial charge in [0.1, 0.15) is 11.6 Å². The standard InChI is InChI=1S/C16H14FNO3/c1-2-15(19)18-11-7-9-12(10-8-11)21-16(20)13-5-3-4-6-14(13)17/h3-10H,2H2,1H3,(H,18,19). The van der Waals surface area contributed by atoms with E-state index in [0.29, 0.717) is 12.1 Å². The van der Waals surface area contributed by atoms with E-state index in [2.05, 4.69) is 5.32 Å². The highest BCUT2D eigenvalue weighted by Crippen LogP contribution is 2.18. The van der Waals surface area contributed by atoms with E-state index in [1.54, 1.807) is 25.1 Å². The van der Waals surface area contributed by atoms with Gasteiger partial charge in [0.2, 0.25) is 5.91 Å². The molecule has 0 atom stereocenters. The monoisotopic (exact) mass is 287 g/mol. The molecule has 21 heavy (non-hydrogen) atoms. The zero-order chi connectivity index (χ0) is 15.2. The molecule has 0 spiro atoms. The maximum absolute atomic E-state index is 13.4. The highest BCUT2D eigenvalue weighted by atomic mass is 19.1. The van der Waals surface area contributed by atoms with Crippen LogP contribution in [0.15, 0.2) is 48.5 Å². The number of hydrogen-bond donors (Lipinski definition) is 1. The fraction of sp³-hybridized carbons (Fsp3) is 0.125. The smallest absolute Gasteiger partial charge is 0.346 e. The molecule has 0 saturated heterocycles. The molecule has 0 aliphatic heterocycles. The molecule has 1 N–H and O–H groups in total. The van der Waals surface area contributed by atoms with E-state index < -0.39 is 11.8 Å². The molecule has 2 aromatic carbocycles. The molecule has 0 fully saturated rings. The van der Waals surface area contributed by atoms with Crippen molar-refractivity contribution in [3.8, 4) is 5.75 Å². The van der Waals surface area contributed by atoms with Crippen molar-refractivity contribution < 1.29 is 18.7 Å². The molecule has 0 saturated carbocycles. The Balaban J connectivity index is 2.05. The van der Waals surface area contributed by atoms with Gasteiger partial charge in [0.25, 0.3) is 0 Å². The molecule has 0 bridgehead atoms. The Labute approximate surface area is 121 Å². The van der Waals surface area contributed by atoms with Gasteiger partial charge in [0, 0.05) is 12.1 Å². The average molecular weight is 287 g/mol. The summed E-state index contributed by atoms with van der Waals surface area (Å²) in [7, 11) is 0.